The van der Waals surface area contributed by atoms with Gasteiger partial charge in [0.1, 0.15) is 23.5 Å². The van der Waals surface area contributed by atoms with E-state index in [2.05, 4.69) is 15.4 Å². The zero-order valence-corrected chi connectivity index (χ0v) is 21.2. The van der Waals surface area contributed by atoms with E-state index in [1.165, 1.54) is 35.6 Å². The maximum atomic E-state index is 14.3. The smallest absolute Gasteiger partial charge is 0.280 e. The van der Waals surface area contributed by atoms with Crippen molar-refractivity contribution in [2.24, 2.45) is 0 Å². The number of benzene rings is 3. The number of halogens is 2. The van der Waals surface area contributed by atoms with Crippen molar-refractivity contribution < 1.29 is 18.3 Å². The van der Waals surface area contributed by atoms with Gasteiger partial charge in [0, 0.05) is 22.0 Å². The molecule has 3 aromatic carbocycles. The molecule has 9 heteroatoms. The number of nitrogens with one attached hydrogen (secondary N) is 1. The number of rotatable bonds is 7. The highest BCUT2D eigenvalue weighted by molar-refractivity contribution is 7.13. The third kappa shape index (κ3) is 5.22. The van der Waals surface area contributed by atoms with Gasteiger partial charge in [0.25, 0.3) is 5.91 Å². The third-order valence-electron chi connectivity index (χ3n) is 6.05. The molecule has 0 saturated heterocycles. The summed E-state index contributed by atoms with van der Waals surface area (Å²) < 4.78 is 35.7. The SMILES string of the molecule is Cc1cnc(C(=O)N[C@@H](C)[C@@H](Oc2ccc3c(cnn3-c3ccc(F)cc3)c2)c2cc(F)ccc2C)s1. The molecule has 37 heavy (non-hydrogen) atoms. The van der Waals surface area contributed by atoms with E-state index in [1.807, 2.05) is 32.9 Å². The quantitative estimate of drug-likeness (QED) is 0.274. The van der Waals surface area contributed by atoms with Crippen LogP contribution in [0.2, 0.25) is 0 Å². The van der Waals surface area contributed by atoms with Crippen LogP contribution in [0.5, 0.6) is 5.75 Å². The van der Waals surface area contributed by atoms with Crippen molar-refractivity contribution in [3.8, 4) is 11.4 Å². The molecular weight excluding hydrogens is 494 g/mol. The highest BCUT2D eigenvalue weighted by Crippen LogP contribution is 2.31. The molecule has 2 atom stereocenters. The minimum absolute atomic E-state index is 0.315. The van der Waals surface area contributed by atoms with E-state index in [-0.39, 0.29) is 17.5 Å². The predicted molar refractivity (Wildman–Crippen MR) is 139 cm³/mol. The lowest BCUT2D eigenvalue weighted by Gasteiger charge is -2.27. The van der Waals surface area contributed by atoms with Crippen LogP contribution in [-0.4, -0.2) is 26.7 Å². The number of aromatic nitrogens is 3. The van der Waals surface area contributed by atoms with E-state index in [4.69, 9.17) is 4.74 Å². The maximum Gasteiger partial charge on any atom is 0.280 e. The number of fused-ring (bicyclic) bond motifs is 1. The van der Waals surface area contributed by atoms with Crippen molar-refractivity contribution in [2.45, 2.75) is 32.9 Å². The number of nitrogens with zero attached hydrogens (tertiary/aromatic N) is 3. The molecule has 0 unspecified atom stereocenters. The molecule has 1 amide bonds. The minimum Gasteiger partial charge on any atom is -0.484 e. The van der Waals surface area contributed by atoms with E-state index in [1.54, 1.807) is 41.3 Å². The molecule has 188 valence electrons. The van der Waals surface area contributed by atoms with Crippen LogP contribution in [0.15, 0.2) is 73.1 Å². The molecule has 6 nitrogen and oxygen atoms in total. The van der Waals surface area contributed by atoms with Crippen LogP contribution in [0.25, 0.3) is 16.6 Å². The van der Waals surface area contributed by atoms with Crippen LogP contribution in [-0.2, 0) is 0 Å². The van der Waals surface area contributed by atoms with Gasteiger partial charge in [-0.15, -0.1) is 11.3 Å². The second-order valence-corrected chi connectivity index (χ2v) is 10.1. The van der Waals surface area contributed by atoms with Gasteiger partial charge in [-0.1, -0.05) is 6.07 Å². The number of carbonyl (C=O) groups is 1. The molecular formula is C28H24F2N4O2S. The monoisotopic (exact) mass is 518 g/mol. The number of hydrogen-bond acceptors (Lipinski definition) is 5. The van der Waals surface area contributed by atoms with Gasteiger partial charge in [-0.2, -0.15) is 5.10 Å². The molecule has 0 radical (unpaired) electrons. The lowest BCUT2D eigenvalue weighted by molar-refractivity contribution is 0.0881. The van der Waals surface area contributed by atoms with Crippen LogP contribution >= 0.6 is 11.3 Å². The first kappa shape index (κ1) is 24.6. The molecule has 0 aliphatic heterocycles. The van der Waals surface area contributed by atoms with Gasteiger partial charge in [0.15, 0.2) is 5.01 Å². The first-order valence-corrected chi connectivity index (χ1v) is 12.5. The number of ether oxygens (including phenoxy) is 1. The van der Waals surface area contributed by atoms with Crippen LogP contribution in [0.4, 0.5) is 8.78 Å². The fourth-order valence-electron chi connectivity index (χ4n) is 4.18. The van der Waals surface area contributed by atoms with Gasteiger partial charge < -0.3 is 10.1 Å². The molecule has 0 saturated carbocycles. The Balaban J connectivity index is 1.46. The first-order chi connectivity index (χ1) is 17.8. The summed E-state index contributed by atoms with van der Waals surface area (Å²) in [6, 6.07) is 15.6. The Labute approximate surface area is 216 Å². The average molecular weight is 519 g/mol. The second-order valence-electron chi connectivity index (χ2n) is 8.83. The van der Waals surface area contributed by atoms with Gasteiger partial charge in [0.2, 0.25) is 0 Å². The van der Waals surface area contributed by atoms with Crippen molar-refractivity contribution in [2.75, 3.05) is 0 Å². The Morgan fingerprint density at radius 3 is 2.49 bits per heavy atom. The third-order valence-corrected chi connectivity index (χ3v) is 6.96. The van der Waals surface area contributed by atoms with Gasteiger partial charge in [0.05, 0.1) is 23.4 Å². The number of aryl methyl sites for hydroxylation is 2. The Morgan fingerprint density at radius 2 is 1.76 bits per heavy atom. The van der Waals surface area contributed by atoms with Crippen molar-refractivity contribution in [1.82, 2.24) is 20.1 Å². The van der Waals surface area contributed by atoms with Gasteiger partial charge in [-0.3, -0.25) is 4.79 Å². The lowest BCUT2D eigenvalue weighted by atomic mass is 9.98. The highest BCUT2D eigenvalue weighted by Gasteiger charge is 2.26. The van der Waals surface area contributed by atoms with Gasteiger partial charge in [-0.25, -0.2) is 18.4 Å². The van der Waals surface area contributed by atoms with Gasteiger partial charge >= 0.3 is 0 Å². The summed E-state index contributed by atoms with van der Waals surface area (Å²) in [5, 5.41) is 8.56. The summed E-state index contributed by atoms with van der Waals surface area (Å²) in [4.78, 5) is 17.9. The average Bonchev–Trinajstić information content (AvgIpc) is 3.50. The van der Waals surface area contributed by atoms with E-state index < -0.39 is 12.1 Å². The standard InChI is InChI=1S/C28H24F2N4O2S/c1-16-4-5-21(30)13-24(16)26(18(3)33-27(35)28-31-14-17(2)37-28)36-23-10-11-25-19(12-23)15-32-34(25)22-8-6-20(29)7-9-22/h4-15,18,26H,1-3H3,(H,33,35)/t18-,26+/m0/s1. The van der Waals surface area contributed by atoms with Crippen molar-refractivity contribution in [3.63, 3.8) is 0 Å². The largest absolute Gasteiger partial charge is 0.484 e. The van der Waals surface area contributed by atoms with Crippen molar-refractivity contribution >= 4 is 28.1 Å². The summed E-state index contributed by atoms with van der Waals surface area (Å²) in [5.74, 6) is -0.490. The Hall–Kier alpha value is -4.11. The summed E-state index contributed by atoms with van der Waals surface area (Å²) >= 11 is 1.30. The molecule has 0 fully saturated rings. The highest BCUT2D eigenvalue weighted by atomic mass is 32.1. The number of thiazole rings is 1. The molecule has 0 aliphatic carbocycles. The topological polar surface area (TPSA) is 69.0 Å². The van der Waals surface area contributed by atoms with E-state index in [0.29, 0.717) is 16.3 Å². The Bertz CT molecular complexity index is 1580. The number of hydrogen-bond donors (Lipinski definition) is 1. The molecule has 0 spiro atoms. The normalized spacial score (nSPS) is 12.9. The predicted octanol–water partition coefficient (Wildman–Crippen LogP) is 6.32. The number of carbonyl (C=O) groups excluding carboxylic acids is 1. The summed E-state index contributed by atoms with van der Waals surface area (Å²) in [6.07, 6.45) is 2.67. The molecule has 2 heterocycles. The molecule has 0 aliphatic rings. The number of amides is 1. The van der Waals surface area contributed by atoms with Crippen LogP contribution < -0.4 is 10.1 Å². The van der Waals surface area contributed by atoms with E-state index in [9.17, 15) is 13.6 Å². The fourth-order valence-corrected chi connectivity index (χ4v) is 4.84. The zero-order chi connectivity index (χ0) is 26.1. The molecule has 1 N–H and O–H groups in total. The second kappa shape index (κ2) is 10.1. The molecule has 0 bridgehead atoms. The summed E-state index contributed by atoms with van der Waals surface area (Å²) in [5.41, 5.74) is 3.01. The maximum absolute atomic E-state index is 14.3. The van der Waals surface area contributed by atoms with Crippen molar-refractivity contribution in [1.29, 1.82) is 0 Å². The van der Waals surface area contributed by atoms with Crippen LogP contribution in [0.1, 0.15) is 38.8 Å². The molecule has 5 rings (SSSR count). The fraction of sp³-hybridized carbons (Fsp3) is 0.179. The minimum atomic E-state index is -0.676. The van der Waals surface area contributed by atoms with E-state index in [0.717, 1.165) is 27.0 Å². The lowest BCUT2D eigenvalue weighted by Crippen LogP contribution is -2.39. The summed E-state index contributed by atoms with van der Waals surface area (Å²) in [6.45, 7) is 5.58. The van der Waals surface area contributed by atoms with Gasteiger partial charge in [-0.05, 0) is 80.9 Å². The first-order valence-electron chi connectivity index (χ1n) is 11.7. The Kier molecular flexibility index (Phi) is 6.71. The summed E-state index contributed by atoms with van der Waals surface area (Å²) in [7, 11) is 0. The molecule has 2 aromatic heterocycles. The Morgan fingerprint density at radius 1 is 1.00 bits per heavy atom. The zero-order valence-electron chi connectivity index (χ0n) is 20.4. The van der Waals surface area contributed by atoms with Crippen molar-refractivity contribution in [3.05, 3.63) is 106 Å². The van der Waals surface area contributed by atoms with Crippen LogP contribution in [0.3, 0.4) is 0 Å². The molecule has 5 aromatic rings. The van der Waals surface area contributed by atoms with E-state index >= 15 is 0 Å². The van der Waals surface area contributed by atoms with Crippen LogP contribution in [0, 0.1) is 25.5 Å².